The first-order valence-electron chi connectivity index (χ1n) is 6.88. The third kappa shape index (κ3) is 4.86. The van der Waals surface area contributed by atoms with Crippen LogP contribution in [0.25, 0.3) is 0 Å². The van der Waals surface area contributed by atoms with Gasteiger partial charge in [0, 0.05) is 30.5 Å². The molecule has 22 heavy (non-hydrogen) atoms. The molecule has 0 aliphatic rings. The maximum atomic E-state index is 12.0. The van der Waals surface area contributed by atoms with Crippen LogP contribution in [-0.2, 0) is 6.42 Å². The number of anilines is 1. The number of hydrogen-bond acceptors (Lipinski definition) is 4. The fourth-order valence-electron chi connectivity index (χ4n) is 1.81. The summed E-state index contributed by atoms with van der Waals surface area (Å²) in [6.45, 7) is 4.69. The Morgan fingerprint density at radius 1 is 1.32 bits per heavy atom. The van der Waals surface area contributed by atoms with Gasteiger partial charge in [0.15, 0.2) is 0 Å². The van der Waals surface area contributed by atoms with E-state index in [-0.39, 0.29) is 5.91 Å². The maximum absolute atomic E-state index is 12.0. The van der Waals surface area contributed by atoms with Crippen molar-refractivity contribution in [3.8, 4) is 0 Å². The van der Waals surface area contributed by atoms with E-state index in [0.717, 1.165) is 5.56 Å². The first-order chi connectivity index (χ1) is 10.7. The minimum atomic E-state index is -0.197. The Morgan fingerprint density at radius 3 is 2.77 bits per heavy atom. The lowest BCUT2D eigenvalue weighted by Gasteiger charge is -2.06. The topological polar surface area (TPSA) is 66.9 Å². The molecule has 2 aromatic rings. The van der Waals surface area contributed by atoms with Gasteiger partial charge >= 0.3 is 0 Å². The van der Waals surface area contributed by atoms with Gasteiger partial charge in [-0.1, -0.05) is 29.8 Å². The van der Waals surface area contributed by atoms with Crippen LogP contribution < -0.4 is 10.6 Å². The number of nitrogens with zero attached hydrogens (tertiary/aromatic N) is 2. The Kier molecular flexibility index (Phi) is 5.91. The molecule has 1 heterocycles. The highest BCUT2D eigenvalue weighted by Crippen LogP contribution is 2.10. The Balaban J connectivity index is 1.83. The Hall–Kier alpha value is -2.40. The predicted octanol–water partition coefficient (Wildman–Crippen LogP) is 2.70. The number of rotatable bonds is 7. The van der Waals surface area contributed by atoms with E-state index in [1.165, 1.54) is 12.4 Å². The molecule has 0 bridgehead atoms. The molecule has 5 nitrogen and oxygen atoms in total. The van der Waals surface area contributed by atoms with Crippen LogP contribution in [0.15, 0.2) is 49.3 Å². The van der Waals surface area contributed by atoms with Crippen molar-refractivity contribution in [3.63, 3.8) is 0 Å². The summed E-state index contributed by atoms with van der Waals surface area (Å²) in [6, 6.07) is 7.57. The molecule has 0 saturated heterocycles. The third-order valence-corrected chi connectivity index (χ3v) is 3.14. The number of benzene rings is 1. The van der Waals surface area contributed by atoms with Gasteiger partial charge in [-0.3, -0.25) is 4.79 Å². The van der Waals surface area contributed by atoms with Crippen LogP contribution in [0.2, 0.25) is 5.02 Å². The SMILES string of the molecule is C=CCNc1ncc(C(=O)NCCc2cccc(Cl)c2)cn1. The summed E-state index contributed by atoms with van der Waals surface area (Å²) in [5.41, 5.74) is 1.50. The van der Waals surface area contributed by atoms with Crippen LogP contribution in [0, 0.1) is 0 Å². The van der Waals surface area contributed by atoms with E-state index in [2.05, 4.69) is 27.2 Å². The summed E-state index contributed by atoms with van der Waals surface area (Å²) in [5, 5.41) is 6.47. The monoisotopic (exact) mass is 316 g/mol. The highest BCUT2D eigenvalue weighted by atomic mass is 35.5. The molecule has 1 aromatic heterocycles. The maximum Gasteiger partial charge on any atom is 0.254 e. The molecular weight excluding hydrogens is 300 g/mol. The van der Waals surface area contributed by atoms with Crippen molar-refractivity contribution in [1.29, 1.82) is 0 Å². The second kappa shape index (κ2) is 8.14. The van der Waals surface area contributed by atoms with E-state index in [0.29, 0.717) is 36.0 Å². The molecule has 6 heteroatoms. The lowest BCUT2D eigenvalue weighted by Crippen LogP contribution is -2.26. The predicted molar refractivity (Wildman–Crippen MR) is 88.2 cm³/mol. The third-order valence-electron chi connectivity index (χ3n) is 2.91. The first-order valence-corrected chi connectivity index (χ1v) is 7.26. The molecule has 0 aliphatic carbocycles. The number of carbonyl (C=O) groups is 1. The molecule has 0 spiro atoms. The van der Waals surface area contributed by atoms with Crippen molar-refractivity contribution in [1.82, 2.24) is 15.3 Å². The summed E-state index contributed by atoms with van der Waals surface area (Å²) in [4.78, 5) is 20.1. The second-order valence-electron chi connectivity index (χ2n) is 4.60. The molecule has 2 N–H and O–H groups in total. The molecule has 0 unspecified atom stereocenters. The molecule has 1 aromatic carbocycles. The molecule has 2 rings (SSSR count). The van der Waals surface area contributed by atoms with Crippen molar-refractivity contribution < 1.29 is 4.79 Å². The van der Waals surface area contributed by atoms with Gasteiger partial charge in [-0.2, -0.15) is 0 Å². The quantitative estimate of drug-likeness (QED) is 0.771. The van der Waals surface area contributed by atoms with Crippen molar-refractivity contribution in [2.75, 3.05) is 18.4 Å². The lowest BCUT2D eigenvalue weighted by atomic mass is 10.1. The van der Waals surface area contributed by atoms with Crippen LogP contribution in [0.3, 0.4) is 0 Å². The van der Waals surface area contributed by atoms with Crippen molar-refractivity contribution in [2.24, 2.45) is 0 Å². The fourth-order valence-corrected chi connectivity index (χ4v) is 2.03. The number of nitrogens with one attached hydrogen (secondary N) is 2. The molecule has 0 atom stereocenters. The van der Waals surface area contributed by atoms with Crippen LogP contribution in [0.1, 0.15) is 15.9 Å². The summed E-state index contributed by atoms with van der Waals surface area (Å²) in [5.74, 6) is 0.271. The van der Waals surface area contributed by atoms with E-state index < -0.39 is 0 Å². The standard InChI is InChI=1S/C16H17ClN4O/c1-2-7-19-16-20-10-13(11-21-16)15(22)18-8-6-12-4-3-5-14(17)9-12/h2-5,9-11H,1,6-8H2,(H,18,22)(H,19,20,21). The van der Waals surface area contributed by atoms with Gasteiger partial charge in [0.1, 0.15) is 0 Å². The Morgan fingerprint density at radius 2 is 2.09 bits per heavy atom. The van der Waals surface area contributed by atoms with Crippen LogP contribution in [0.4, 0.5) is 5.95 Å². The summed E-state index contributed by atoms with van der Waals surface area (Å²) in [6.07, 6.45) is 5.41. The highest BCUT2D eigenvalue weighted by Gasteiger charge is 2.06. The zero-order chi connectivity index (χ0) is 15.8. The lowest BCUT2D eigenvalue weighted by molar-refractivity contribution is 0.0953. The van der Waals surface area contributed by atoms with Gasteiger partial charge in [0.2, 0.25) is 5.95 Å². The van der Waals surface area contributed by atoms with Crippen LogP contribution >= 0.6 is 11.6 Å². The van der Waals surface area contributed by atoms with E-state index in [1.807, 2.05) is 24.3 Å². The number of aromatic nitrogens is 2. The van der Waals surface area contributed by atoms with E-state index in [1.54, 1.807) is 6.08 Å². The minimum Gasteiger partial charge on any atom is -0.352 e. The molecule has 0 saturated carbocycles. The smallest absolute Gasteiger partial charge is 0.254 e. The number of carbonyl (C=O) groups excluding carboxylic acids is 1. The molecule has 1 amide bonds. The van der Waals surface area contributed by atoms with Crippen molar-refractivity contribution in [2.45, 2.75) is 6.42 Å². The molecular formula is C16H17ClN4O. The van der Waals surface area contributed by atoms with E-state index in [4.69, 9.17) is 11.6 Å². The van der Waals surface area contributed by atoms with Crippen LogP contribution in [0.5, 0.6) is 0 Å². The zero-order valence-corrected chi connectivity index (χ0v) is 12.8. The Bertz CT molecular complexity index is 643. The van der Waals surface area contributed by atoms with Crippen LogP contribution in [-0.4, -0.2) is 29.0 Å². The molecule has 0 fully saturated rings. The Labute approximate surface area is 134 Å². The van der Waals surface area contributed by atoms with Gasteiger partial charge in [-0.05, 0) is 24.1 Å². The first kappa shape index (κ1) is 16.0. The van der Waals surface area contributed by atoms with Crippen molar-refractivity contribution in [3.05, 3.63) is 65.5 Å². The molecule has 114 valence electrons. The van der Waals surface area contributed by atoms with E-state index in [9.17, 15) is 4.79 Å². The number of amides is 1. The number of hydrogen-bond donors (Lipinski definition) is 2. The fraction of sp³-hybridized carbons (Fsp3) is 0.188. The van der Waals surface area contributed by atoms with E-state index >= 15 is 0 Å². The van der Waals surface area contributed by atoms with Gasteiger partial charge in [0.25, 0.3) is 5.91 Å². The largest absolute Gasteiger partial charge is 0.352 e. The number of halogens is 1. The minimum absolute atomic E-state index is 0.197. The zero-order valence-electron chi connectivity index (χ0n) is 12.1. The van der Waals surface area contributed by atoms with Crippen molar-refractivity contribution >= 4 is 23.5 Å². The summed E-state index contributed by atoms with van der Waals surface area (Å²) in [7, 11) is 0. The van der Waals surface area contributed by atoms with Gasteiger partial charge in [-0.15, -0.1) is 6.58 Å². The van der Waals surface area contributed by atoms with Gasteiger partial charge in [-0.25, -0.2) is 9.97 Å². The average molecular weight is 317 g/mol. The van der Waals surface area contributed by atoms with Gasteiger partial charge < -0.3 is 10.6 Å². The van der Waals surface area contributed by atoms with Gasteiger partial charge in [0.05, 0.1) is 5.56 Å². The molecule has 0 radical (unpaired) electrons. The normalized spacial score (nSPS) is 10.0. The molecule has 0 aliphatic heterocycles. The summed E-state index contributed by atoms with van der Waals surface area (Å²) >= 11 is 5.92. The second-order valence-corrected chi connectivity index (χ2v) is 5.04. The average Bonchev–Trinajstić information content (AvgIpc) is 2.53. The highest BCUT2D eigenvalue weighted by molar-refractivity contribution is 6.30. The summed E-state index contributed by atoms with van der Waals surface area (Å²) < 4.78 is 0.